The number of rotatable bonds is 6. The number of carbonyl (C=O) groups excluding carboxylic acids is 2. The maximum atomic E-state index is 14.6. The van der Waals surface area contributed by atoms with Gasteiger partial charge in [-0.05, 0) is 43.9 Å². The largest absolute Gasteiger partial charge is 0.338 e. The number of hydrogen-bond acceptors (Lipinski definition) is 5. The van der Waals surface area contributed by atoms with Crippen LogP contribution in [-0.2, 0) is 11.3 Å². The maximum Gasteiger partial charge on any atom is 0.329 e. The van der Waals surface area contributed by atoms with E-state index in [1.54, 1.807) is 29.2 Å². The maximum absolute atomic E-state index is 14.6. The van der Waals surface area contributed by atoms with Crippen molar-refractivity contribution in [2.75, 3.05) is 46.8 Å². The van der Waals surface area contributed by atoms with E-state index in [2.05, 4.69) is 4.98 Å². The Kier molecular flexibility index (Phi) is 6.60. The summed E-state index contributed by atoms with van der Waals surface area (Å²) in [5.41, 5.74) is -0.289. The van der Waals surface area contributed by atoms with Gasteiger partial charge in [0.2, 0.25) is 5.91 Å². The van der Waals surface area contributed by atoms with Crippen LogP contribution in [0.4, 0.5) is 4.39 Å². The van der Waals surface area contributed by atoms with Crippen LogP contribution in [0.25, 0.3) is 10.9 Å². The highest BCUT2D eigenvalue weighted by Gasteiger charge is 2.29. The highest BCUT2D eigenvalue weighted by atomic mass is 19.1. The Labute approximate surface area is 195 Å². The summed E-state index contributed by atoms with van der Waals surface area (Å²) in [5, 5.41) is 0.353. The Morgan fingerprint density at radius 2 is 1.85 bits per heavy atom. The van der Waals surface area contributed by atoms with E-state index < -0.39 is 23.0 Å². The molecule has 0 saturated carbocycles. The summed E-state index contributed by atoms with van der Waals surface area (Å²) in [7, 11) is 3.84. The lowest BCUT2D eigenvalue weighted by Crippen LogP contribution is -2.53. The number of aromatic amines is 1. The van der Waals surface area contributed by atoms with Gasteiger partial charge in [-0.1, -0.05) is 18.2 Å². The van der Waals surface area contributed by atoms with E-state index in [1.807, 2.05) is 19.0 Å². The average Bonchev–Trinajstić information content (AvgIpc) is 2.81. The van der Waals surface area contributed by atoms with Gasteiger partial charge in [-0.2, -0.15) is 0 Å². The van der Waals surface area contributed by atoms with Crippen LogP contribution >= 0.6 is 0 Å². The number of nitrogens with zero attached hydrogens (tertiary/aromatic N) is 4. The second kappa shape index (κ2) is 9.60. The molecule has 2 aromatic carbocycles. The number of likely N-dealkylation sites (N-methyl/N-ethyl adjacent to an activating group) is 1. The number of piperazine rings is 1. The van der Waals surface area contributed by atoms with Crippen LogP contribution in [0.2, 0.25) is 0 Å². The molecule has 2 heterocycles. The molecule has 0 spiro atoms. The molecule has 0 atom stereocenters. The van der Waals surface area contributed by atoms with Crippen LogP contribution in [0, 0.1) is 5.82 Å². The number of hydrogen-bond donors (Lipinski definition) is 1. The van der Waals surface area contributed by atoms with Crippen LogP contribution in [-0.4, -0.2) is 82.9 Å². The molecule has 34 heavy (non-hydrogen) atoms. The molecule has 4 rings (SSSR count). The van der Waals surface area contributed by atoms with Crippen LogP contribution in [0.5, 0.6) is 0 Å². The Balaban J connectivity index is 1.56. The fourth-order valence-corrected chi connectivity index (χ4v) is 4.03. The predicted octanol–water partition coefficient (Wildman–Crippen LogP) is 0.723. The van der Waals surface area contributed by atoms with E-state index in [9.17, 15) is 23.6 Å². The second-order valence-corrected chi connectivity index (χ2v) is 8.59. The molecular weight excluding hydrogens is 441 g/mol. The first-order chi connectivity index (χ1) is 16.2. The minimum absolute atomic E-state index is 0.0356. The summed E-state index contributed by atoms with van der Waals surface area (Å²) in [6.45, 7) is 1.91. The van der Waals surface area contributed by atoms with Gasteiger partial charge in [0.05, 0.1) is 23.0 Å². The van der Waals surface area contributed by atoms with E-state index in [-0.39, 0.29) is 24.6 Å². The molecule has 1 aliphatic heterocycles. The van der Waals surface area contributed by atoms with Gasteiger partial charge >= 0.3 is 5.69 Å². The van der Waals surface area contributed by atoms with Gasteiger partial charge in [0, 0.05) is 26.2 Å². The minimum atomic E-state index is -0.699. The first-order valence-corrected chi connectivity index (χ1v) is 11.0. The molecule has 1 saturated heterocycles. The highest BCUT2D eigenvalue weighted by Crippen LogP contribution is 2.17. The molecule has 178 valence electrons. The zero-order valence-electron chi connectivity index (χ0n) is 19.1. The molecule has 10 heteroatoms. The third-order valence-corrected chi connectivity index (χ3v) is 5.93. The zero-order chi connectivity index (χ0) is 24.4. The lowest BCUT2D eigenvalue weighted by molar-refractivity contribution is -0.135. The van der Waals surface area contributed by atoms with Crippen molar-refractivity contribution >= 4 is 22.7 Å². The molecule has 2 amide bonds. The second-order valence-electron chi connectivity index (χ2n) is 8.59. The van der Waals surface area contributed by atoms with Crippen molar-refractivity contribution in [3.05, 3.63) is 80.2 Å². The van der Waals surface area contributed by atoms with Crippen molar-refractivity contribution in [3.63, 3.8) is 0 Å². The number of para-hydroxylation sites is 1. The average molecular weight is 468 g/mol. The normalized spacial score (nSPS) is 14.3. The van der Waals surface area contributed by atoms with E-state index >= 15 is 0 Å². The standard InChI is InChI=1S/C24H26FN5O4/c1-27(2)9-10-28-11-12-29(15-21(28)31)23(33)18-13-16(7-8-19(18)25)14-30-20-6-4-3-5-17(20)22(32)26-24(30)34/h3-8,13H,9-12,14-15H2,1-2H3,(H,26,32,34). The first kappa shape index (κ1) is 23.4. The van der Waals surface area contributed by atoms with E-state index in [0.29, 0.717) is 36.1 Å². The Bertz CT molecular complexity index is 1360. The van der Waals surface area contributed by atoms with Gasteiger partial charge < -0.3 is 14.7 Å². The van der Waals surface area contributed by atoms with E-state index in [4.69, 9.17) is 0 Å². The zero-order valence-corrected chi connectivity index (χ0v) is 19.1. The van der Waals surface area contributed by atoms with Crippen molar-refractivity contribution in [1.29, 1.82) is 0 Å². The molecule has 3 aromatic rings. The summed E-state index contributed by atoms with van der Waals surface area (Å²) < 4.78 is 16.0. The third kappa shape index (κ3) is 4.76. The number of halogens is 1. The SMILES string of the molecule is CN(C)CCN1CCN(C(=O)c2cc(Cn3c(=O)[nH]c(=O)c4ccccc43)ccc2F)CC1=O. The molecule has 1 aliphatic rings. The Morgan fingerprint density at radius 3 is 2.59 bits per heavy atom. The summed E-state index contributed by atoms with van der Waals surface area (Å²) in [6.07, 6.45) is 0. The number of amides is 2. The molecule has 0 radical (unpaired) electrons. The van der Waals surface area contributed by atoms with Gasteiger partial charge in [-0.3, -0.25) is 23.9 Å². The smallest absolute Gasteiger partial charge is 0.329 e. The lowest BCUT2D eigenvalue weighted by atomic mass is 10.1. The predicted molar refractivity (Wildman–Crippen MR) is 125 cm³/mol. The van der Waals surface area contributed by atoms with Crippen molar-refractivity contribution in [3.8, 4) is 0 Å². The molecule has 0 aliphatic carbocycles. The van der Waals surface area contributed by atoms with Crippen molar-refractivity contribution < 1.29 is 14.0 Å². The summed E-state index contributed by atoms with van der Waals surface area (Å²) >= 11 is 0. The van der Waals surface area contributed by atoms with Crippen LogP contribution in [0.1, 0.15) is 15.9 Å². The van der Waals surface area contributed by atoms with Crippen molar-refractivity contribution in [2.45, 2.75) is 6.54 Å². The van der Waals surface area contributed by atoms with E-state index in [0.717, 1.165) is 6.54 Å². The van der Waals surface area contributed by atoms with Gasteiger partial charge in [0.25, 0.3) is 11.5 Å². The molecule has 0 unspecified atom stereocenters. The fraction of sp³-hybridized carbons (Fsp3) is 0.333. The number of aromatic nitrogens is 2. The number of benzene rings is 2. The number of nitrogens with one attached hydrogen (secondary N) is 1. The number of fused-ring (bicyclic) bond motifs is 1. The molecule has 9 nitrogen and oxygen atoms in total. The molecule has 1 fully saturated rings. The summed E-state index contributed by atoms with van der Waals surface area (Å²) in [6, 6.07) is 10.7. The molecular formula is C24H26FN5O4. The van der Waals surface area contributed by atoms with Gasteiger partial charge in [0.1, 0.15) is 12.4 Å². The molecule has 0 bridgehead atoms. The fourth-order valence-electron chi connectivity index (χ4n) is 4.03. The minimum Gasteiger partial charge on any atom is -0.338 e. The van der Waals surface area contributed by atoms with Crippen LogP contribution < -0.4 is 11.2 Å². The molecule has 1 aromatic heterocycles. The van der Waals surface area contributed by atoms with Crippen molar-refractivity contribution in [2.24, 2.45) is 0 Å². The van der Waals surface area contributed by atoms with E-state index in [1.165, 1.54) is 27.7 Å². The quantitative estimate of drug-likeness (QED) is 0.576. The third-order valence-electron chi connectivity index (χ3n) is 5.93. The Morgan fingerprint density at radius 1 is 1.09 bits per heavy atom. The summed E-state index contributed by atoms with van der Waals surface area (Å²) in [5.74, 6) is -1.45. The molecule has 1 N–H and O–H groups in total. The van der Waals surface area contributed by atoms with Crippen molar-refractivity contribution in [1.82, 2.24) is 24.3 Å². The van der Waals surface area contributed by atoms with Crippen LogP contribution in [0.3, 0.4) is 0 Å². The van der Waals surface area contributed by atoms with Gasteiger partial charge in [0.15, 0.2) is 0 Å². The number of H-pyrrole nitrogens is 1. The topological polar surface area (TPSA) is 98.7 Å². The van der Waals surface area contributed by atoms with Crippen LogP contribution in [0.15, 0.2) is 52.1 Å². The first-order valence-electron chi connectivity index (χ1n) is 11.0. The summed E-state index contributed by atoms with van der Waals surface area (Å²) in [4.78, 5) is 57.4. The highest BCUT2D eigenvalue weighted by molar-refractivity contribution is 5.97. The van der Waals surface area contributed by atoms with Gasteiger partial charge in [-0.25, -0.2) is 9.18 Å². The monoisotopic (exact) mass is 467 g/mol. The van der Waals surface area contributed by atoms with Gasteiger partial charge in [-0.15, -0.1) is 0 Å². The number of carbonyl (C=O) groups is 2. The Hall–Kier alpha value is -3.79. The lowest BCUT2D eigenvalue weighted by Gasteiger charge is -2.35.